The van der Waals surface area contributed by atoms with Gasteiger partial charge in [0.2, 0.25) is 6.79 Å². The number of carbonyl (C=O) groups is 1. The first-order chi connectivity index (χ1) is 9.69. The molecule has 0 saturated heterocycles. The summed E-state index contributed by atoms with van der Waals surface area (Å²) in [6, 6.07) is 6.25. The van der Waals surface area contributed by atoms with Crippen LogP contribution in [0, 0.1) is 0 Å². The molecular formula is C15H21NO4. The van der Waals surface area contributed by atoms with Crippen molar-refractivity contribution in [3.63, 3.8) is 0 Å². The van der Waals surface area contributed by atoms with Gasteiger partial charge >= 0.3 is 5.97 Å². The van der Waals surface area contributed by atoms with Crippen LogP contribution in [-0.2, 0) is 16.0 Å². The van der Waals surface area contributed by atoms with Gasteiger partial charge in [-0.2, -0.15) is 0 Å². The topological polar surface area (TPSA) is 56.8 Å². The number of aryl methyl sites for hydroxylation is 1. The third-order valence-corrected chi connectivity index (χ3v) is 3.20. The third-order valence-electron chi connectivity index (χ3n) is 3.20. The van der Waals surface area contributed by atoms with Gasteiger partial charge in [0.05, 0.1) is 13.2 Å². The minimum Gasteiger partial charge on any atom is -0.465 e. The highest BCUT2D eigenvalue weighted by molar-refractivity contribution is 5.71. The van der Waals surface area contributed by atoms with E-state index in [1.54, 1.807) is 6.92 Å². The Morgan fingerprint density at radius 1 is 1.40 bits per heavy atom. The summed E-state index contributed by atoms with van der Waals surface area (Å²) in [6.07, 6.45) is 1.87. The Bertz CT molecular complexity index is 461. The lowest BCUT2D eigenvalue weighted by molar-refractivity contribution is -0.142. The Labute approximate surface area is 119 Å². The molecule has 2 rings (SSSR count). The van der Waals surface area contributed by atoms with Crippen LogP contribution in [0.3, 0.4) is 0 Å². The van der Waals surface area contributed by atoms with Crippen molar-refractivity contribution in [1.29, 1.82) is 0 Å². The van der Waals surface area contributed by atoms with E-state index in [-0.39, 0.29) is 18.6 Å². The quantitative estimate of drug-likeness (QED) is 0.772. The molecule has 1 atom stereocenters. The molecule has 1 aliphatic heterocycles. The number of esters is 1. The van der Waals surface area contributed by atoms with E-state index in [0.717, 1.165) is 24.3 Å². The van der Waals surface area contributed by atoms with Gasteiger partial charge in [-0.1, -0.05) is 6.07 Å². The van der Waals surface area contributed by atoms with Crippen molar-refractivity contribution in [3.8, 4) is 11.5 Å². The number of benzene rings is 1. The molecular weight excluding hydrogens is 258 g/mol. The van der Waals surface area contributed by atoms with Gasteiger partial charge in [0.25, 0.3) is 0 Å². The van der Waals surface area contributed by atoms with Crippen molar-refractivity contribution in [2.75, 3.05) is 19.9 Å². The summed E-state index contributed by atoms with van der Waals surface area (Å²) in [6.45, 7) is 4.85. The van der Waals surface area contributed by atoms with E-state index in [9.17, 15) is 4.79 Å². The van der Waals surface area contributed by atoms with Crippen LogP contribution in [-0.4, -0.2) is 32.0 Å². The molecule has 0 radical (unpaired) electrons. The zero-order valence-electron chi connectivity index (χ0n) is 12.0. The number of hydrogen-bond acceptors (Lipinski definition) is 5. The fourth-order valence-electron chi connectivity index (χ4n) is 2.05. The van der Waals surface area contributed by atoms with Crippen molar-refractivity contribution < 1.29 is 19.0 Å². The van der Waals surface area contributed by atoms with Crippen LogP contribution in [0.5, 0.6) is 11.5 Å². The van der Waals surface area contributed by atoms with Crippen LogP contribution >= 0.6 is 0 Å². The van der Waals surface area contributed by atoms with Gasteiger partial charge in [0.15, 0.2) is 11.5 Å². The third kappa shape index (κ3) is 4.13. The lowest BCUT2D eigenvalue weighted by Gasteiger charge is -2.13. The number of nitrogens with one attached hydrogen (secondary N) is 1. The Hall–Kier alpha value is -1.75. The highest BCUT2D eigenvalue weighted by atomic mass is 16.7. The summed E-state index contributed by atoms with van der Waals surface area (Å²) in [5.41, 5.74) is 1.21. The predicted octanol–water partition coefficient (Wildman–Crippen LogP) is 1.89. The molecule has 1 N–H and O–H groups in total. The molecule has 1 aliphatic rings. The largest absolute Gasteiger partial charge is 0.465 e. The lowest BCUT2D eigenvalue weighted by Crippen LogP contribution is -2.32. The zero-order chi connectivity index (χ0) is 14.4. The molecule has 110 valence electrons. The molecule has 20 heavy (non-hydrogen) atoms. The Balaban J connectivity index is 1.73. The van der Waals surface area contributed by atoms with Gasteiger partial charge in [-0.25, -0.2) is 0 Å². The summed E-state index contributed by atoms with van der Waals surface area (Å²) in [5, 5.41) is 3.16. The second-order valence-electron chi connectivity index (χ2n) is 4.81. The van der Waals surface area contributed by atoms with Crippen LogP contribution in [0.1, 0.15) is 25.8 Å². The zero-order valence-corrected chi connectivity index (χ0v) is 12.0. The van der Waals surface area contributed by atoms with Gasteiger partial charge in [-0.3, -0.25) is 4.79 Å². The number of carbonyl (C=O) groups excluding carboxylic acids is 1. The first-order valence-electron chi connectivity index (χ1n) is 6.96. The first kappa shape index (κ1) is 14.7. The standard InChI is InChI=1S/C15H21NO4/c1-3-18-15(17)9-16-11(2)4-5-12-6-7-13-14(8-12)20-10-19-13/h6-8,11,16H,3-5,9-10H2,1-2H3. The maximum absolute atomic E-state index is 11.2. The van der Waals surface area contributed by atoms with Crippen LogP contribution in [0.15, 0.2) is 18.2 Å². The Morgan fingerprint density at radius 2 is 2.20 bits per heavy atom. The first-order valence-corrected chi connectivity index (χ1v) is 6.96. The second kappa shape index (κ2) is 7.14. The average Bonchev–Trinajstić information content (AvgIpc) is 2.90. The summed E-state index contributed by atoms with van der Waals surface area (Å²) in [4.78, 5) is 11.2. The second-order valence-corrected chi connectivity index (χ2v) is 4.81. The van der Waals surface area contributed by atoms with Crippen molar-refractivity contribution in [2.24, 2.45) is 0 Å². The normalized spacial score (nSPS) is 14.1. The smallest absolute Gasteiger partial charge is 0.319 e. The van der Waals surface area contributed by atoms with E-state index >= 15 is 0 Å². The van der Waals surface area contributed by atoms with Crippen molar-refractivity contribution in [2.45, 2.75) is 32.7 Å². The SMILES string of the molecule is CCOC(=O)CNC(C)CCc1ccc2c(c1)OCO2. The molecule has 0 spiro atoms. The Kier molecular flexibility index (Phi) is 5.24. The van der Waals surface area contributed by atoms with Crippen LogP contribution in [0.2, 0.25) is 0 Å². The molecule has 0 bridgehead atoms. The van der Waals surface area contributed by atoms with E-state index in [1.807, 2.05) is 18.2 Å². The van der Waals surface area contributed by atoms with Gasteiger partial charge in [-0.15, -0.1) is 0 Å². The molecule has 5 nitrogen and oxygen atoms in total. The lowest BCUT2D eigenvalue weighted by atomic mass is 10.1. The van der Waals surface area contributed by atoms with Gasteiger partial charge in [0.1, 0.15) is 0 Å². The van der Waals surface area contributed by atoms with E-state index in [0.29, 0.717) is 13.4 Å². The van der Waals surface area contributed by atoms with E-state index in [2.05, 4.69) is 12.2 Å². The number of rotatable bonds is 7. The highest BCUT2D eigenvalue weighted by Gasteiger charge is 2.13. The van der Waals surface area contributed by atoms with Gasteiger partial charge in [0, 0.05) is 6.04 Å². The molecule has 0 fully saturated rings. The average molecular weight is 279 g/mol. The monoisotopic (exact) mass is 279 g/mol. The summed E-state index contributed by atoms with van der Waals surface area (Å²) in [7, 11) is 0. The fraction of sp³-hybridized carbons (Fsp3) is 0.533. The minimum atomic E-state index is -0.206. The van der Waals surface area contributed by atoms with Gasteiger partial charge in [-0.05, 0) is 44.4 Å². The maximum atomic E-state index is 11.2. The molecule has 1 aromatic rings. The van der Waals surface area contributed by atoms with Crippen molar-refractivity contribution in [3.05, 3.63) is 23.8 Å². The summed E-state index contributed by atoms with van der Waals surface area (Å²) < 4.78 is 15.5. The Morgan fingerprint density at radius 3 is 3.00 bits per heavy atom. The van der Waals surface area contributed by atoms with Crippen molar-refractivity contribution >= 4 is 5.97 Å². The molecule has 0 saturated carbocycles. The molecule has 0 amide bonds. The maximum Gasteiger partial charge on any atom is 0.319 e. The van der Waals surface area contributed by atoms with E-state index < -0.39 is 0 Å². The van der Waals surface area contributed by atoms with E-state index in [4.69, 9.17) is 14.2 Å². The molecule has 0 aliphatic carbocycles. The van der Waals surface area contributed by atoms with Crippen LogP contribution in [0.25, 0.3) is 0 Å². The summed E-state index contributed by atoms with van der Waals surface area (Å²) in [5.74, 6) is 1.42. The molecule has 1 heterocycles. The number of hydrogen-bond donors (Lipinski definition) is 1. The summed E-state index contributed by atoms with van der Waals surface area (Å²) >= 11 is 0. The molecule has 5 heteroatoms. The fourth-order valence-corrected chi connectivity index (χ4v) is 2.05. The molecule has 1 unspecified atom stereocenters. The van der Waals surface area contributed by atoms with E-state index in [1.165, 1.54) is 5.56 Å². The molecule has 0 aromatic heterocycles. The van der Waals surface area contributed by atoms with Gasteiger partial charge < -0.3 is 19.5 Å². The van der Waals surface area contributed by atoms with Crippen LogP contribution < -0.4 is 14.8 Å². The highest BCUT2D eigenvalue weighted by Crippen LogP contribution is 2.32. The van der Waals surface area contributed by atoms with Crippen LogP contribution in [0.4, 0.5) is 0 Å². The van der Waals surface area contributed by atoms with Crippen molar-refractivity contribution in [1.82, 2.24) is 5.32 Å². The number of ether oxygens (including phenoxy) is 3. The number of fused-ring (bicyclic) bond motifs is 1. The predicted molar refractivity (Wildman–Crippen MR) is 75.0 cm³/mol. The minimum absolute atomic E-state index is 0.206. The molecule has 1 aromatic carbocycles.